The van der Waals surface area contributed by atoms with Crippen LogP contribution >= 0.6 is 0 Å². The number of methoxy groups -OCH3 is 1. The quantitative estimate of drug-likeness (QED) is 0.762. The summed E-state index contributed by atoms with van der Waals surface area (Å²) in [7, 11) is 1.72. The van der Waals surface area contributed by atoms with E-state index in [-0.39, 0.29) is 12.2 Å². The van der Waals surface area contributed by atoms with Gasteiger partial charge in [-0.3, -0.25) is 0 Å². The van der Waals surface area contributed by atoms with Crippen molar-refractivity contribution < 1.29 is 9.84 Å². The predicted octanol–water partition coefficient (Wildman–Crippen LogP) is 2.99. The van der Waals surface area contributed by atoms with Crippen molar-refractivity contribution in [2.75, 3.05) is 7.11 Å². The normalized spacial score (nSPS) is 31.2. The van der Waals surface area contributed by atoms with Crippen LogP contribution in [0.3, 0.4) is 0 Å². The fourth-order valence-electron chi connectivity index (χ4n) is 2.86. The molecule has 2 heteroatoms. The van der Waals surface area contributed by atoms with E-state index in [1.54, 1.807) is 7.11 Å². The minimum absolute atomic E-state index is 0.162. The van der Waals surface area contributed by atoms with Gasteiger partial charge in [0.1, 0.15) is 0 Å². The van der Waals surface area contributed by atoms with Gasteiger partial charge in [0.2, 0.25) is 0 Å². The van der Waals surface area contributed by atoms with Gasteiger partial charge in [-0.1, -0.05) is 32.6 Å². The lowest BCUT2D eigenvalue weighted by Gasteiger charge is -2.35. The highest BCUT2D eigenvalue weighted by atomic mass is 16.5. The van der Waals surface area contributed by atoms with E-state index < -0.39 is 0 Å². The van der Waals surface area contributed by atoms with E-state index >= 15 is 0 Å². The molecular weight excluding hydrogens is 188 g/mol. The third-order valence-corrected chi connectivity index (χ3v) is 3.96. The summed E-state index contributed by atoms with van der Waals surface area (Å²) in [6, 6.07) is 0. The summed E-state index contributed by atoms with van der Waals surface area (Å²) < 4.78 is 5.22. The zero-order chi connectivity index (χ0) is 11.3. The van der Waals surface area contributed by atoms with E-state index in [4.69, 9.17) is 4.74 Å². The molecule has 1 aliphatic rings. The van der Waals surface area contributed by atoms with Crippen LogP contribution in [0.2, 0.25) is 0 Å². The summed E-state index contributed by atoms with van der Waals surface area (Å²) in [5.41, 5.74) is 0. The standard InChI is InChI=1S/C13H26O2/c1-4-11-7-5-6-8-12(11)13(14)9-10(2)15-3/h10-14H,4-9H2,1-3H3. The zero-order valence-electron chi connectivity index (χ0n) is 10.4. The van der Waals surface area contributed by atoms with Crippen molar-refractivity contribution in [1.82, 2.24) is 0 Å². The van der Waals surface area contributed by atoms with Gasteiger partial charge < -0.3 is 9.84 Å². The van der Waals surface area contributed by atoms with Crippen molar-refractivity contribution in [2.24, 2.45) is 11.8 Å². The highest BCUT2D eigenvalue weighted by molar-refractivity contribution is 4.81. The van der Waals surface area contributed by atoms with Crippen molar-refractivity contribution in [3.63, 3.8) is 0 Å². The molecular formula is C13H26O2. The number of aliphatic hydroxyl groups is 1. The predicted molar refractivity (Wildman–Crippen MR) is 62.8 cm³/mol. The highest BCUT2D eigenvalue weighted by Crippen LogP contribution is 2.35. The Morgan fingerprint density at radius 3 is 2.60 bits per heavy atom. The summed E-state index contributed by atoms with van der Waals surface area (Å²) in [6.45, 7) is 4.28. The Bertz CT molecular complexity index is 170. The van der Waals surface area contributed by atoms with Crippen molar-refractivity contribution in [1.29, 1.82) is 0 Å². The Kier molecular flexibility index (Phi) is 5.62. The molecule has 0 aromatic heterocycles. The van der Waals surface area contributed by atoms with Crippen LogP contribution in [0.25, 0.3) is 0 Å². The molecule has 4 atom stereocenters. The molecule has 90 valence electrons. The van der Waals surface area contributed by atoms with Crippen molar-refractivity contribution in [3.8, 4) is 0 Å². The first-order valence-electron chi connectivity index (χ1n) is 6.39. The minimum Gasteiger partial charge on any atom is -0.393 e. The van der Waals surface area contributed by atoms with Crippen LogP contribution in [-0.2, 0) is 4.74 Å². The summed E-state index contributed by atoms with van der Waals surface area (Å²) in [5.74, 6) is 1.25. The number of aliphatic hydroxyl groups excluding tert-OH is 1. The molecule has 0 heterocycles. The average molecular weight is 214 g/mol. The molecule has 0 aromatic rings. The SMILES string of the molecule is CCC1CCCCC1C(O)CC(C)OC. The number of ether oxygens (including phenoxy) is 1. The Morgan fingerprint density at radius 2 is 2.00 bits per heavy atom. The van der Waals surface area contributed by atoms with Gasteiger partial charge in [0.25, 0.3) is 0 Å². The second-order valence-corrected chi connectivity index (χ2v) is 4.97. The third kappa shape index (κ3) is 3.76. The molecule has 1 saturated carbocycles. The number of hydrogen-bond acceptors (Lipinski definition) is 2. The summed E-state index contributed by atoms with van der Waals surface area (Å²) >= 11 is 0. The van der Waals surface area contributed by atoms with Gasteiger partial charge in [0.05, 0.1) is 12.2 Å². The maximum absolute atomic E-state index is 10.2. The highest BCUT2D eigenvalue weighted by Gasteiger charge is 2.30. The Balaban J connectivity index is 2.44. The van der Waals surface area contributed by atoms with Crippen LogP contribution < -0.4 is 0 Å². The smallest absolute Gasteiger partial charge is 0.0595 e. The van der Waals surface area contributed by atoms with Crippen LogP contribution in [-0.4, -0.2) is 24.4 Å². The lowest BCUT2D eigenvalue weighted by molar-refractivity contribution is -0.00163. The van der Waals surface area contributed by atoms with Crippen molar-refractivity contribution >= 4 is 0 Å². The number of hydrogen-bond donors (Lipinski definition) is 1. The molecule has 1 rings (SSSR count). The fraction of sp³-hybridized carbons (Fsp3) is 1.00. The molecule has 0 spiro atoms. The minimum atomic E-state index is -0.162. The molecule has 1 N–H and O–H groups in total. The Morgan fingerprint density at radius 1 is 1.33 bits per heavy atom. The summed E-state index contributed by atoms with van der Waals surface area (Å²) in [4.78, 5) is 0. The van der Waals surface area contributed by atoms with Crippen LogP contribution in [0, 0.1) is 11.8 Å². The molecule has 0 aliphatic heterocycles. The largest absolute Gasteiger partial charge is 0.393 e. The average Bonchev–Trinajstić information content (AvgIpc) is 2.28. The topological polar surface area (TPSA) is 29.5 Å². The molecule has 15 heavy (non-hydrogen) atoms. The molecule has 0 radical (unpaired) electrons. The lowest BCUT2D eigenvalue weighted by Crippen LogP contribution is -2.33. The first kappa shape index (κ1) is 13.0. The van der Waals surface area contributed by atoms with Gasteiger partial charge in [0.15, 0.2) is 0 Å². The second kappa shape index (κ2) is 6.49. The molecule has 1 aliphatic carbocycles. The maximum Gasteiger partial charge on any atom is 0.0595 e. The molecule has 2 nitrogen and oxygen atoms in total. The zero-order valence-corrected chi connectivity index (χ0v) is 10.4. The van der Waals surface area contributed by atoms with Gasteiger partial charge in [-0.15, -0.1) is 0 Å². The molecule has 0 saturated heterocycles. The van der Waals surface area contributed by atoms with Gasteiger partial charge >= 0.3 is 0 Å². The van der Waals surface area contributed by atoms with E-state index in [9.17, 15) is 5.11 Å². The maximum atomic E-state index is 10.2. The van der Waals surface area contributed by atoms with Crippen LogP contribution in [0.4, 0.5) is 0 Å². The van der Waals surface area contributed by atoms with E-state index in [2.05, 4.69) is 6.92 Å². The monoisotopic (exact) mass is 214 g/mol. The second-order valence-electron chi connectivity index (χ2n) is 4.97. The lowest BCUT2D eigenvalue weighted by atomic mass is 9.74. The van der Waals surface area contributed by atoms with Crippen molar-refractivity contribution in [3.05, 3.63) is 0 Å². The first-order valence-corrected chi connectivity index (χ1v) is 6.39. The van der Waals surface area contributed by atoms with Crippen LogP contribution in [0.1, 0.15) is 52.4 Å². The molecule has 1 fully saturated rings. The van der Waals surface area contributed by atoms with Gasteiger partial charge in [0, 0.05) is 7.11 Å². The van der Waals surface area contributed by atoms with E-state index in [0.717, 1.165) is 12.3 Å². The first-order chi connectivity index (χ1) is 7.19. The Labute approximate surface area is 94.0 Å². The van der Waals surface area contributed by atoms with Crippen LogP contribution in [0.15, 0.2) is 0 Å². The third-order valence-electron chi connectivity index (χ3n) is 3.96. The molecule has 0 bridgehead atoms. The molecule has 4 unspecified atom stereocenters. The summed E-state index contributed by atoms with van der Waals surface area (Å²) in [5, 5.41) is 10.2. The Hall–Kier alpha value is -0.0800. The van der Waals surface area contributed by atoms with Crippen molar-refractivity contribution in [2.45, 2.75) is 64.6 Å². The van der Waals surface area contributed by atoms with Crippen LogP contribution in [0.5, 0.6) is 0 Å². The summed E-state index contributed by atoms with van der Waals surface area (Å²) in [6.07, 6.45) is 7.17. The van der Waals surface area contributed by atoms with E-state index in [1.165, 1.54) is 32.1 Å². The molecule has 0 aromatic carbocycles. The van der Waals surface area contributed by atoms with E-state index in [1.807, 2.05) is 6.92 Å². The van der Waals surface area contributed by atoms with E-state index in [0.29, 0.717) is 5.92 Å². The van der Waals surface area contributed by atoms with Gasteiger partial charge in [-0.25, -0.2) is 0 Å². The fourth-order valence-corrected chi connectivity index (χ4v) is 2.86. The van der Waals surface area contributed by atoms with Gasteiger partial charge in [-0.05, 0) is 31.6 Å². The van der Waals surface area contributed by atoms with Gasteiger partial charge in [-0.2, -0.15) is 0 Å². The molecule has 0 amide bonds. The number of rotatable bonds is 5.